The van der Waals surface area contributed by atoms with Crippen LogP contribution in [0.15, 0.2) is 0 Å². The largest absolute Gasteiger partial charge is 0.465 e. The van der Waals surface area contributed by atoms with Crippen LogP contribution in [0, 0.1) is 0 Å². The topological polar surface area (TPSA) is 47.6 Å². The number of hydrogen-bond donors (Lipinski definition) is 1. The van der Waals surface area contributed by atoms with Crippen molar-refractivity contribution in [2.45, 2.75) is 76.9 Å². The highest BCUT2D eigenvalue weighted by molar-refractivity contribution is 5.81. The van der Waals surface area contributed by atoms with Gasteiger partial charge in [0, 0.05) is 12.5 Å². The normalized spacial score (nSPS) is 27.9. The molecule has 1 rings (SSSR count). The van der Waals surface area contributed by atoms with E-state index in [2.05, 4.69) is 5.32 Å². The molecule has 0 saturated heterocycles. The van der Waals surface area contributed by atoms with Gasteiger partial charge in [0.2, 0.25) is 0 Å². The van der Waals surface area contributed by atoms with E-state index >= 15 is 0 Å². The molecule has 1 fully saturated rings. The van der Waals surface area contributed by atoms with E-state index in [4.69, 9.17) is 9.47 Å². The smallest absolute Gasteiger partial charge is 0.414 e. The van der Waals surface area contributed by atoms with Crippen molar-refractivity contribution in [1.82, 2.24) is 5.32 Å². The second-order valence-corrected chi connectivity index (χ2v) is 5.79. The summed E-state index contributed by atoms with van der Waals surface area (Å²) in [7, 11) is 0. The van der Waals surface area contributed by atoms with Crippen molar-refractivity contribution >= 4 is 5.97 Å². The van der Waals surface area contributed by atoms with Gasteiger partial charge in [0.25, 0.3) is 0 Å². The van der Waals surface area contributed by atoms with Crippen molar-refractivity contribution in [3.05, 3.63) is 0 Å². The van der Waals surface area contributed by atoms with Gasteiger partial charge in [-0.05, 0) is 40.5 Å². The van der Waals surface area contributed by atoms with Crippen molar-refractivity contribution in [2.75, 3.05) is 6.61 Å². The summed E-state index contributed by atoms with van der Waals surface area (Å²) < 4.78 is 47.8. The Kier molecular flexibility index (Phi) is 6.04. The standard InChI is InChI=1S/C14H24F3NO3/c1-5-20-12(19)13(18-9(2)3)7-6-11(8-13)21-10(4)14(15,16)17/h9-11,18H,5-8H2,1-4H3. The van der Waals surface area contributed by atoms with Gasteiger partial charge in [-0.15, -0.1) is 0 Å². The first kappa shape index (κ1) is 18.2. The van der Waals surface area contributed by atoms with Crippen molar-refractivity contribution in [1.29, 1.82) is 0 Å². The quantitative estimate of drug-likeness (QED) is 0.766. The Morgan fingerprint density at radius 2 is 2.00 bits per heavy atom. The maximum absolute atomic E-state index is 12.6. The molecular formula is C14H24F3NO3. The first-order valence-corrected chi connectivity index (χ1v) is 7.28. The van der Waals surface area contributed by atoms with E-state index in [0.717, 1.165) is 6.92 Å². The lowest BCUT2D eigenvalue weighted by Crippen LogP contribution is -2.54. The molecule has 0 heterocycles. The SMILES string of the molecule is CCOC(=O)C1(NC(C)C)CCC(OC(C)C(F)(F)F)C1. The summed E-state index contributed by atoms with van der Waals surface area (Å²) in [6.45, 7) is 6.70. The molecule has 3 unspecified atom stereocenters. The summed E-state index contributed by atoms with van der Waals surface area (Å²) in [6.07, 6.45) is -5.81. The fraction of sp³-hybridized carbons (Fsp3) is 0.929. The maximum atomic E-state index is 12.6. The third-order valence-electron chi connectivity index (χ3n) is 3.56. The van der Waals surface area contributed by atoms with E-state index in [0.29, 0.717) is 12.8 Å². The molecular weight excluding hydrogens is 287 g/mol. The molecule has 1 N–H and O–H groups in total. The lowest BCUT2D eigenvalue weighted by molar-refractivity contribution is -0.226. The number of rotatable bonds is 6. The minimum atomic E-state index is -4.39. The second-order valence-electron chi connectivity index (χ2n) is 5.79. The molecule has 0 aromatic heterocycles. The van der Waals surface area contributed by atoms with E-state index < -0.39 is 29.9 Å². The van der Waals surface area contributed by atoms with Gasteiger partial charge in [-0.1, -0.05) is 0 Å². The number of nitrogens with one attached hydrogen (secondary N) is 1. The maximum Gasteiger partial charge on any atom is 0.414 e. The molecule has 1 aliphatic carbocycles. The molecule has 0 spiro atoms. The van der Waals surface area contributed by atoms with Gasteiger partial charge in [0.1, 0.15) is 5.54 Å². The molecule has 124 valence electrons. The molecule has 1 aliphatic rings. The average molecular weight is 311 g/mol. The zero-order valence-electron chi connectivity index (χ0n) is 12.9. The zero-order chi connectivity index (χ0) is 16.3. The monoisotopic (exact) mass is 311 g/mol. The third kappa shape index (κ3) is 4.85. The molecule has 0 bridgehead atoms. The summed E-state index contributed by atoms with van der Waals surface area (Å²) in [5, 5.41) is 3.15. The number of esters is 1. The Morgan fingerprint density at radius 3 is 2.48 bits per heavy atom. The summed E-state index contributed by atoms with van der Waals surface area (Å²) in [5.74, 6) is -0.413. The van der Waals surface area contributed by atoms with Crippen LogP contribution < -0.4 is 5.32 Å². The van der Waals surface area contributed by atoms with Gasteiger partial charge in [-0.2, -0.15) is 13.2 Å². The van der Waals surface area contributed by atoms with Crippen LogP contribution >= 0.6 is 0 Å². The minimum absolute atomic E-state index is 0.0215. The fourth-order valence-corrected chi connectivity index (χ4v) is 2.68. The molecule has 3 atom stereocenters. The number of alkyl halides is 3. The average Bonchev–Trinajstić information content (AvgIpc) is 2.71. The first-order valence-electron chi connectivity index (χ1n) is 7.28. The van der Waals surface area contributed by atoms with Crippen molar-refractivity contribution < 1.29 is 27.4 Å². The number of carbonyl (C=O) groups excluding carboxylic acids is 1. The second kappa shape index (κ2) is 6.96. The predicted molar refractivity (Wildman–Crippen MR) is 71.9 cm³/mol. The van der Waals surface area contributed by atoms with E-state index in [1.54, 1.807) is 6.92 Å². The minimum Gasteiger partial charge on any atom is -0.465 e. The highest BCUT2D eigenvalue weighted by atomic mass is 19.4. The molecule has 0 amide bonds. The molecule has 21 heavy (non-hydrogen) atoms. The van der Waals surface area contributed by atoms with Crippen molar-refractivity contribution in [3.63, 3.8) is 0 Å². The highest BCUT2D eigenvalue weighted by Crippen LogP contribution is 2.36. The number of ether oxygens (including phenoxy) is 2. The summed E-state index contributed by atoms with van der Waals surface area (Å²) in [4.78, 5) is 12.2. The van der Waals surface area contributed by atoms with Crippen LogP contribution in [0.1, 0.15) is 47.0 Å². The molecule has 0 radical (unpaired) electrons. The molecule has 7 heteroatoms. The van der Waals surface area contributed by atoms with E-state index in [1.165, 1.54) is 0 Å². The van der Waals surface area contributed by atoms with Crippen LogP contribution in [0.5, 0.6) is 0 Å². The lowest BCUT2D eigenvalue weighted by Gasteiger charge is -2.31. The van der Waals surface area contributed by atoms with E-state index in [-0.39, 0.29) is 19.1 Å². The lowest BCUT2D eigenvalue weighted by atomic mass is 9.96. The van der Waals surface area contributed by atoms with E-state index in [9.17, 15) is 18.0 Å². The van der Waals surface area contributed by atoms with Gasteiger partial charge in [-0.25, -0.2) is 0 Å². The molecule has 4 nitrogen and oxygen atoms in total. The van der Waals surface area contributed by atoms with Crippen LogP contribution in [0.2, 0.25) is 0 Å². The van der Waals surface area contributed by atoms with Gasteiger partial charge in [0.15, 0.2) is 6.10 Å². The van der Waals surface area contributed by atoms with Crippen LogP contribution in [0.25, 0.3) is 0 Å². The Balaban J connectivity index is 2.74. The molecule has 0 aromatic carbocycles. The third-order valence-corrected chi connectivity index (χ3v) is 3.56. The summed E-state index contributed by atoms with van der Waals surface area (Å²) in [6, 6.07) is 0.0215. The number of carbonyl (C=O) groups is 1. The van der Waals surface area contributed by atoms with Gasteiger partial charge >= 0.3 is 12.1 Å². The molecule has 0 aromatic rings. The fourth-order valence-electron chi connectivity index (χ4n) is 2.68. The molecule has 1 saturated carbocycles. The van der Waals surface area contributed by atoms with Gasteiger partial charge in [0.05, 0.1) is 12.7 Å². The number of halogens is 3. The van der Waals surface area contributed by atoms with Crippen molar-refractivity contribution in [3.8, 4) is 0 Å². The Morgan fingerprint density at radius 1 is 1.38 bits per heavy atom. The van der Waals surface area contributed by atoms with Crippen LogP contribution in [0.3, 0.4) is 0 Å². The Bertz CT molecular complexity index is 360. The van der Waals surface area contributed by atoms with E-state index in [1.807, 2.05) is 13.8 Å². The van der Waals surface area contributed by atoms with Crippen LogP contribution in [0.4, 0.5) is 13.2 Å². The summed E-state index contributed by atoms with van der Waals surface area (Å²) in [5.41, 5.74) is -0.944. The zero-order valence-corrected chi connectivity index (χ0v) is 12.9. The molecule has 0 aliphatic heterocycles. The van der Waals surface area contributed by atoms with Crippen LogP contribution in [-0.2, 0) is 14.3 Å². The van der Waals surface area contributed by atoms with Gasteiger partial charge < -0.3 is 9.47 Å². The Hall–Kier alpha value is -0.820. The highest BCUT2D eigenvalue weighted by Gasteiger charge is 2.49. The van der Waals surface area contributed by atoms with Gasteiger partial charge in [-0.3, -0.25) is 10.1 Å². The Labute approximate surface area is 123 Å². The number of hydrogen-bond acceptors (Lipinski definition) is 4. The van der Waals surface area contributed by atoms with Crippen molar-refractivity contribution in [2.24, 2.45) is 0 Å². The van der Waals surface area contributed by atoms with Crippen LogP contribution in [-0.4, -0.2) is 42.5 Å². The first-order chi connectivity index (χ1) is 9.60. The predicted octanol–water partition coefficient (Wildman–Crippen LogP) is 2.81. The summed E-state index contributed by atoms with van der Waals surface area (Å²) >= 11 is 0.